The predicted octanol–water partition coefficient (Wildman–Crippen LogP) is 2.70. The molecule has 1 aliphatic heterocycles. The number of nitrogen functional groups attached to an aromatic ring is 1. The molecule has 0 radical (unpaired) electrons. The van der Waals surface area contributed by atoms with Crippen molar-refractivity contribution in [3.63, 3.8) is 0 Å². The number of para-hydroxylation sites is 1. The van der Waals surface area contributed by atoms with Crippen molar-refractivity contribution in [2.45, 2.75) is 11.6 Å². The molecule has 10 heteroatoms. The number of nitrogens with two attached hydrogens (primary N) is 3. The molecule has 9 nitrogen and oxygen atoms in total. The highest BCUT2D eigenvalue weighted by molar-refractivity contribution is 7.21. The lowest BCUT2D eigenvalue weighted by molar-refractivity contribution is -0.124. The van der Waals surface area contributed by atoms with E-state index in [1.54, 1.807) is 36.4 Å². The Bertz CT molecular complexity index is 1570. The summed E-state index contributed by atoms with van der Waals surface area (Å²) >= 11 is 1.26. The van der Waals surface area contributed by atoms with E-state index in [-0.39, 0.29) is 11.7 Å². The number of ketones is 1. The molecule has 8 N–H and O–H groups in total. The van der Waals surface area contributed by atoms with E-state index in [1.165, 1.54) is 11.3 Å². The fraction of sp³-hybridized carbons (Fsp3) is 0.267. The third-order valence-electron chi connectivity index (χ3n) is 7.73. The van der Waals surface area contributed by atoms with Crippen molar-refractivity contribution in [1.82, 2.24) is 15.5 Å². The number of Topliss-reactive ketones (excluding diaryl/α,β-unsaturated/α-hetero) is 1. The minimum atomic E-state index is -1.51. The van der Waals surface area contributed by atoms with Crippen LogP contribution in [0.4, 0.5) is 5.69 Å². The summed E-state index contributed by atoms with van der Waals surface area (Å²) in [5.41, 5.74) is 20.6. The number of amides is 1. The van der Waals surface area contributed by atoms with Crippen LogP contribution in [0, 0.1) is 0 Å². The van der Waals surface area contributed by atoms with Crippen LogP contribution in [0.1, 0.15) is 32.4 Å². The maximum atomic E-state index is 14.0. The average Bonchev–Trinajstić information content (AvgIpc) is 3.39. The van der Waals surface area contributed by atoms with Gasteiger partial charge in [-0.1, -0.05) is 36.4 Å². The molecule has 1 aromatic heterocycles. The summed E-state index contributed by atoms with van der Waals surface area (Å²) in [6.07, 6.45) is 0. The van der Waals surface area contributed by atoms with E-state index in [9.17, 15) is 9.59 Å². The molecular formula is C30H32N6O3S. The Kier molecular flexibility index (Phi) is 7.03. The largest absolute Gasteiger partial charge is 0.457 e. The van der Waals surface area contributed by atoms with Gasteiger partial charge in [0.2, 0.25) is 0 Å². The van der Waals surface area contributed by atoms with Gasteiger partial charge in [-0.15, -0.1) is 11.3 Å². The van der Waals surface area contributed by atoms with E-state index in [0.717, 1.165) is 32.7 Å². The number of ether oxygens (including phenoxy) is 1. The molecule has 6 rings (SSSR count). The quantitative estimate of drug-likeness (QED) is 0.218. The summed E-state index contributed by atoms with van der Waals surface area (Å²) < 4.78 is 6.63. The molecular weight excluding hydrogens is 524 g/mol. The number of hydrogen-bond acceptors (Lipinski definition) is 9. The second-order valence-corrected chi connectivity index (χ2v) is 11.2. The number of piperazine rings is 1. The second-order valence-electron chi connectivity index (χ2n) is 10.2. The van der Waals surface area contributed by atoms with Crippen LogP contribution in [0.3, 0.4) is 0 Å². The minimum absolute atomic E-state index is 0.258. The van der Waals surface area contributed by atoms with Crippen LogP contribution in [0.2, 0.25) is 0 Å². The summed E-state index contributed by atoms with van der Waals surface area (Å²) in [6.45, 7) is 5.02. The van der Waals surface area contributed by atoms with Crippen LogP contribution in [-0.4, -0.2) is 55.9 Å². The van der Waals surface area contributed by atoms with E-state index in [4.69, 9.17) is 21.9 Å². The monoisotopic (exact) mass is 556 g/mol. The normalized spacial score (nSPS) is 20.9. The lowest BCUT2D eigenvalue weighted by Crippen LogP contribution is -2.52. The van der Waals surface area contributed by atoms with Crippen LogP contribution < -0.4 is 32.6 Å². The Morgan fingerprint density at radius 2 is 1.75 bits per heavy atom. The van der Waals surface area contributed by atoms with E-state index in [0.29, 0.717) is 55.4 Å². The third-order valence-corrected chi connectivity index (χ3v) is 8.98. The standard InChI is InChI=1S/C30H32N6O3S/c31-22-11-10-21-23-24(27(40-26(22)23)29(38)35-14-17-36-15-12-34-13-16-36)25(32)28(37)30(21,33)18-6-8-20(9-7-18)39-19-4-2-1-3-5-19/h1-11,25,34H,12-17,31-33H2,(H,35,38). The van der Waals surface area contributed by atoms with E-state index in [2.05, 4.69) is 15.5 Å². The van der Waals surface area contributed by atoms with Crippen molar-refractivity contribution >= 4 is 38.8 Å². The van der Waals surface area contributed by atoms with Gasteiger partial charge in [-0.3, -0.25) is 14.5 Å². The van der Waals surface area contributed by atoms with Gasteiger partial charge in [0.1, 0.15) is 17.0 Å². The number of benzene rings is 3. The highest BCUT2D eigenvalue weighted by Crippen LogP contribution is 2.49. The third kappa shape index (κ3) is 4.53. The first kappa shape index (κ1) is 26.4. The predicted molar refractivity (Wildman–Crippen MR) is 158 cm³/mol. The molecule has 3 aromatic carbocycles. The number of thiophene rings is 1. The second kappa shape index (κ2) is 10.6. The zero-order valence-electron chi connectivity index (χ0n) is 22.0. The smallest absolute Gasteiger partial charge is 0.261 e. The van der Waals surface area contributed by atoms with Crippen molar-refractivity contribution in [1.29, 1.82) is 0 Å². The molecule has 1 amide bonds. The lowest BCUT2D eigenvalue weighted by Gasteiger charge is -2.36. The van der Waals surface area contributed by atoms with E-state index < -0.39 is 11.6 Å². The number of rotatable bonds is 7. The Morgan fingerprint density at radius 3 is 2.48 bits per heavy atom. The highest BCUT2D eigenvalue weighted by Gasteiger charge is 2.48. The summed E-state index contributed by atoms with van der Waals surface area (Å²) in [6, 6.07) is 19.0. The molecule has 1 aliphatic carbocycles. The molecule has 1 saturated heterocycles. The molecule has 4 aromatic rings. The zero-order chi connectivity index (χ0) is 27.9. The minimum Gasteiger partial charge on any atom is -0.457 e. The first-order valence-electron chi connectivity index (χ1n) is 13.4. The molecule has 206 valence electrons. The maximum Gasteiger partial charge on any atom is 0.261 e. The first-order valence-corrected chi connectivity index (χ1v) is 14.2. The van der Waals surface area contributed by atoms with Crippen LogP contribution in [0.25, 0.3) is 10.1 Å². The van der Waals surface area contributed by atoms with Crippen molar-refractivity contribution in [2.75, 3.05) is 45.0 Å². The van der Waals surface area contributed by atoms with Gasteiger partial charge in [-0.2, -0.15) is 0 Å². The summed E-state index contributed by atoms with van der Waals surface area (Å²) in [5, 5.41) is 7.03. The molecule has 2 unspecified atom stereocenters. The number of carbonyl (C=O) groups excluding carboxylic acids is 2. The Morgan fingerprint density at radius 1 is 1.05 bits per heavy atom. The number of carbonyl (C=O) groups is 2. The molecule has 40 heavy (non-hydrogen) atoms. The molecule has 1 fully saturated rings. The maximum absolute atomic E-state index is 14.0. The van der Waals surface area contributed by atoms with Gasteiger partial charge in [-0.05, 0) is 41.5 Å². The number of nitrogens with zero attached hydrogens (tertiary/aromatic N) is 1. The fourth-order valence-electron chi connectivity index (χ4n) is 5.60. The van der Waals surface area contributed by atoms with Gasteiger partial charge in [0, 0.05) is 55.9 Å². The van der Waals surface area contributed by atoms with E-state index >= 15 is 0 Å². The van der Waals surface area contributed by atoms with E-state index in [1.807, 2.05) is 30.3 Å². The SMILES string of the molecule is Nc1ccc2c3c(c(C(=O)NCCN4CCNCC4)sc13)C(N)C(=O)C2(N)c1ccc(Oc2ccccc2)cc1. The van der Waals surface area contributed by atoms with Gasteiger partial charge < -0.3 is 32.6 Å². The van der Waals surface area contributed by atoms with Crippen molar-refractivity contribution in [3.05, 3.63) is 88.3 Å². The van der Waals surface area contributed by atoms with Gasteiger partial charge in [-0.25, -0.2) is 0 Å². The summed E-state index contributed by atoms with van der Waals surface area (Å²) in [5.74, 6) is 0.683. The molecule has 0 bridgehead atoms. The Labute approximate surface area is 236 Å². The number of nitrogens with one attached hydrogen (secondary N) is 2. The van der Waals surface area contributed by atoms with Gasteiger partial charge in [0.05, 0.1) is 15.6 Å². The Hall–Kier alpha value is -3.80. The molecule has 2 aliphatic rings. The van der Waals surface area contributed by atoms with Crippen molar-refractivity contribution in [2.24, 2.45) is 11.5 Å². The molecule has 2 heterocycles. The topological polar surface area (TPSA) is 149 Å². The zero-order valence-corrected chi connectivity index (χ0v) is 22.8. The summed E-state index contributed by atoms with van der Waals surface area (Å²) in [4.78, 5) is 30.0. The van der Waals surface area contributed by atoms with Crippen LogP contribution in [0.5, 0.6) is 11.5 Å². The number of anilines is 1. The van der Waals surface area contributed by atoms with Crippen LogP contribution >= 0.6 is 11.3 Å². The van der Waals surface area contributed by atoms with Gasteiger partial charge in [0.25, 0.3) is 5.91 Å². The molecule has 0 saturated carbocycles. The van der Waals surface area contributed by atoms with Gasteiger partial charge in [0.15, 0.2) is 5.78 Å². The fourth-order valence-corrected chi connectivity index (χ4v) is 6.82. The van der Waals surface area contributed by atoms with Crippen LogP contribution in [-0.2, 0) is 10.3 Å². The highest BCUT2D eigenvalue weighted by atomic mass is 32.1. The van der Waals surface area contributed by atoms with Crippen LogP contribution in [0.15, 0.2) is 66.7 Å². The molecule has 0 spiro atoms. The Balaban J connectivity index is 1.33. The first-order chi connectivity index (χ1) is 19.4. The van der Waals surface area contributed by atoms with Crippen molar-refractivity contribution < 1.29 is 14.3 Å². The van der Waals surface area contributed by atoms with Gasteiger partial charge >= 0.3 is 0 Å². The lowest BCUT2D eigenvalue weighted by atomic mass is 9.70. The average molecular weight is 557 g/mol. The van der Waals surface area contributed by atoms with Crippen molar-refractivity contribution in [3.8, 4) is 11.5 Å². The number of hydrogen-bond donors (Lipinski definition) is 5. The summed E-state index contributed by atoms with van der Waals surface area (Å²) in [7, 11) is 0. The molecule has 2 atom stereocenters.